The molecule has 6 heteroatoms. The maximum absolute atomic E-state index is 13.2. The summed E-state index contributed by atoms with van der Waals surface area (Å²) >= 11 is 0. The lowest BCUT2D eigenvalue weighted by molar-refractivity contribution is -0.132. The van der Waals surface area contributed by atoms with Crippen molar-refractivity contribution in [1.82, 2.24) is 15.0 Å². The number of carbonyl (C=O) groups excluding carboxylic acids is 1. The average molecular weight is 357 g/mol. The number of carbonyl (C=O) groups is 1. The number of hydrogen-bond donors (Lipinski definition) is 0. The Morgan fingerprint density at radius 1 is 1.23 bits per heavy atom. The first-order chi connectivity index (χ1) is 12.7. The fourth-order valence-electron chi connectivity index (χ4n) is 3.59. The molecule has 5 nitrogen and oxygen atoms in total. The summed E-state index contributed by atoms with van der Waals surface area (Å²) < 4.78 is 18.5. The van der Waals surface area contributed by atoms with Crippen LogP contribution in [0.4, 0.5) is 4.39 Å². The maximum Gasteiger partial charge on any atom is 0.229 e. The normalized spacial score (nSPS) is 18.3. The Bertz CT molecular complexity index is 764. The molecule has 0 N–H and O–H groups in total. The molecular weight excluding hydrogens is 333 g/mol. The monoisotopic (exact) mass is 357 g/mol. The van der Waals surface area contributed by atoms with Gasteiger partial charge < -0.3 is 9.42 Å². The lowest BCUT2D eigenvalue weighted by Gasteiger charge is -2.31. The first-order valence-electron chi connectivity index (χ1n) is 9.52. The van der Waals surface area contributed by atoms with Crippen LogP contribution in [0.25, 0.3) is 0 Å². The summed E-state index contributed by atoms with van der Waals surface area (Å²) in [5.74, 6) is 2.51. The van der Waals surface area contributed by atoms with Crippen molar-refractivity contribution in [3.8, 4) is 0 Å². The first kappa shape index (κ1) is 17.2. The van der Waals surface area contributed by atoms with E-state index >= 15 is 0 Å². The second-order valence-corrected chi connectivity index (χ2v) is 7.48. The van der Waals surface area contributed by atoms with Crippen molar-refractivity contribution in [2.45, 2.75) is 50.9 Å². The van der Waals surface area contributed by atoms with Gasteiger partial charge >= 0.3 is 0 Å². The number of likely N-dealkylation sites (tertiary alicyclic amines) is 1. The molecule has 0 unspecified atom stereocenters. The largest absolute Gasteiger partial charge is 0.343 e. The summed E-state index contributed by atoms with van der Waals surface area (Å²) in [5, 5.41) is 4.10. The summed E-state index contributed by atoms with van der Waals surface area (Å²) in [6.45, 7) is 1.56. The Balaban J connectivity index is 1.21. The molecular formula is C20H24FN3O2. The van der Waals surface area contributed by atoms with Gasteiger partial charge in [-0.2, -0.15) is 4.98 Å². The Morgan fingerprint density at radius 2 is 2.04 bits per heavy atom. The van der Waals surface area contributed by atoms with E-state index in [1.807, 2.05) is 11.0 Å². The van der Waals surface area contributed by atoms with Crippen LogP contribution in [-0.4, -0.2) is 34.0 Å². The van der Waals surface area contributed by atoms with Gasteiger partial charge in [0.25, 0.3) is 0 Å². The molecule has 2 heterocycles. The van der Waals surface area contributed by atoms with Gasteiger partial charge in [0.15, 0.2) is 5.82 Å². The van der Waals surface area contributed by atoms with Crippen molar-refractivity contribution in [2.24, 2.45) is 5.92 Å². The van der Waals surface area contributed by atoms with Gasteiger partial charge in [0, 0.05) is 31.8 Å². The minimum absolute atomic E-state index is 0.156. The molecule has 1 aromatic heterocycles. The fourth-order valence-corrected chi connectivity index (χ4v) is 3.59. The highest BCUT2D eigenvalue weighted by Gasteiger charge is 2.30. The summed E-state index contributed by atoms with van der Waals surface area (Å²) in [6, 6.07) is 6.48. The van der Waals surface area contributed by atoms with Crippen LogP contribution >= 0.6 is 0 Å². The molecule has 0 atom stereocenters. The molecule has 1 saturated carbocycles. The average Bonchev–Trinajstić information content (AvgIpc) is 3.40. The SMILES string of the molecule is O=C(CCc1cccc(F)c1)N1CCC(Cc2noc(C3CC3)n2)CC1. The zero-order valence-electron chi connectivity index (χ0n) is 14.9. The van der Waals surface area contributed by atoms with Crippen LogP contribution in [0.1, 0.15) is 55.3 Å². The fraction of sp³-hybridized carbons (Fsp3) is 0.550. The third-order valence-corrected chi connectivity index (χ3v) is 5.37. The van der Waals surface area contributed by atoms with Gasteiger partial charge in [-0.25, -0.2) is 4.39 Å². The topological polar surface area (TPSA) is 59.2 Å². The van der Waals surface area contributed by atoms with E-state index in [0.717, 1.165) is 62.5 Å². The molecule has 1 saturated heterocycles. The zero-order valence-corrected chi connectivity index (χ0v) is 14.9. The lowest BCUT2D eigenvalue weighted by Crippen LogP contribution is -2.39. The first-order valence-corrected chi connectivity index (χ1v) is 9.52. The van der Waals surface area contributed by atoms with E-state index in [-0.39, 0.29) is 11.7 Å². The molecule has 26 heavy (non-hydrogen) atoms. The highest BCUT2D eigenvalue weighted by atomic mass is 19.1. The van der Waals surface area contributed by atoms with Crippen LogP contribution in [0, 0.1) is 11.7 Å². The molecule has 2 fully saturated rings. The molecule has 0 radical (unpaired) electrons. The number of halogens is 1. The third-order valence-electron chi connectivity index (χ3n) is 5.37. The van der Waals surface area contributed by atoms with Crippen LogP contribution in [0.5, 0.6) is 0 Å². The second kappa shape index (κ2) is 7.56. The quantitative estimate of drug-likeness (QED) is 0.794. The van der Waals surface area contributed by atoms with Crippen molar-refractivity contribution in [3.63, 3.8) is 0 Å². The Hall–Kier alpha value is -2.24. The van der Waals surface area contributed by atoms with Crippen LogP contribution in [0.2, 0.25) is 0 Å². The Kier molecular flexibility index (Phi) is 5.00. The van der Waals surface area contributed by atoms with Crippen molar-refractivity contribution in [2.75, 3.05) is 13.1 Å². The molecule has 0 bridgehead atoms. The number of benzene rings is 1. The molecule has 1 amide bonds. The number of piperidine rings is 1. The van der Waals surface area contributed by atoms with Gasteiger partial charge in [-0.1, -0.05) is 17.3 Å². The molecule has 2 aliphatic rings. The van der Waals surface area contributed by atoms with Crippen molar-refractivity contribution >= 4 is 5.91 Å². The number of hydrogen-bond acceptors (Lipinski definition) is 4. The molecule has 4 rings (SSSR count). The highest BCUT2D eigenvalue weighted by Crippen LogP contribution is 2.39. The summed E-state index contributed by atoms with van der Waals surface area (Å²) in [5.41, 5.74) is 0.872. The molecule has 0 spiro atoms. The van der Waals surface area contributed by atoms with E-state index in [1.54, 1.807) is 6.07 Å². The maximum atomic E-state index is 13.2. The van der Waals surface area contributed by atoms with Crippen LogP contribution in [-0.2, 0) is 17.6 Å². The lowest BCUT2D eigenvalue weighted by atomic mass is 9.93. The summed E-state index contributed by atoms with van der Waals surface area (Å²) in [6.07, 6.45) is 6.13. The van der Waals surface area contributed by atoms with E-state index in [4.69, 9.17) is 4.52 Å². The van der Waals surface area contributed by atoms with Gasteiger partial charge in [0.1, 0.15) is 5.82 Å². The van der Waals surface area contributed by atoms with E-state index < -0.39 is 0 Å². The van der Waals surface area contributed by atoms with Crippen molar-refractivity contribution < 1.29 is 13.7 Å². The third kappa shape index (κ3) is 4.29. The molecule has 1 aliphatic carbocycles. The molecule has 1 aromatic carbocycles. The predicted molar refractivity (Wildman–Crippen MR) is 94.0 cm³/mol. The van der Waals surface area contributed by atoms with E-state index in [1.165, 1.54) is 12.1 Å². The number of amides is 1. The zero-order chi connectivity index (χ0) is 17.9. The minimum atomic E-state index is -0.248. The van der Waals surface area contributed by atoms with Crippen LogP contribution in [0.15, 0.2) is 28.8 Å². The standard InChI is InChI=1S/C20H24FN3O2/c21-17-3-1-2-14(12-17)4-7-19(25)24-10-8-15(9-11-24)13-18-22-20(26-23-18)16-5-6-16/h1-3,12,15-16H,4-11,13H2. The van der Waals surface area contributed by atoms with Gasteiger partial charge in [0.2, 0.25) is 11.8 Å². The van der Waals surface area contributed by atoms with Gasteiger partial charge in [0.05, 0.1) is 0 Å². The minimum Gasteiger partial charge on any atom is -0.343 e. The molecule has 2 aromatic rings. The number of rotatable bonds is 6. The highest BCUT2D eigenvalue weighted by molar-refractivity contribution is 5.76. The van der Waals surface area contributed by atoms with Crippen LogP contribution in [0.3, 0.4) is 0 Å². The van der Waals surface area contributed by atoms with Crippen molar-refractivity contribution in [3.05, 3.63) is 47.4 Å². The van der Waals surface area contributed by atoms with Crippen LogP contribution < -0.4 is 0 Å². The predicted octanol–water partition coefficient (Wildman–Crippen LogP) is 3.50. The second-order valence-electron chi connectivity index (χ2n) is 7.48. The van der Waals surface area contributed by atoms with E-state index in [0.29, 0.717) is 24.7 Å². The number of aryl methyl sites for hydroxylation is 1. The Labute approximate surface area is 152 Å². The molecule has 138 valence electrons. The summed E-state index contributed by atoms with van der Waals surface area (Å²) in [7, 11) is 0. The molecule has 1 aliphatic heterocycles. The Morgan fingerprint density at radius 3 is 2.77 bits per heavy atom. The number of nitrogens with zero attached hydrogens (tertiary/aromatic N) is 3. The van der Waals surface area contributed by atoms with Crippen molar-refractivity contribution in [1.29, 1.82) is 0 Å². The van der Waals surface area contributed by atoms with E-state index in [2.05, 4.69) is 10.1 Å². The van der Waals surface area contributed by atoms with Gasteiger partial charge in [-0.05, 0) is 55.7 Å². The number of aromatic nitrogens is 2. The van der Waals surface area contributed by atoms with Gasteiger partial charge in [-0.3, -0.25) is 4.79 Å². The van der Waals surface area contributed by atoms with E-state index in [9.17, 15) is 9.18 Å². The van der Waals surface area contributed by atoms with Gasteiger partial charge in [-0.15, -0.1) is 0 Å². The summed E-state index contributed by atoms with van der Waals surface area (Å²) in [4.78, 5) is 18.8. The smallest absolute Gasteiger partial charge is 0.229 e.